The van der Waals surface area contributed by atoms with Gasteiger partial charge in [-0.25, -0.2) is 4.98 Å². The molecule has 1 atom stereocenters. The van der Waals surface area contributed by atoms with Crippen LogP contribution in [-0.4, -0.2) is 27.5 Å². The number of hydrogen-bond donors (Lipinski definition) is 1. The summed E-state index contributed by atoms with van der Waals surface area (Å²) in [6, 6.07) is 16.2. The van der Waals surface area contributed by atoms with Crippen molar-refractivity contribution in [1.29, 1.82) is 0 Å². The third-order valence-electron chi connectivity index (χ3n) is 5.14. The van der Waals surface area contributed by atoms with Gasteiger partial charge in [-0.1, -0.05) is 42.5 Å². The minimum Gasteiger partial charge on any atom is -0.447 e. The molecule has 1 N–H and O–H groups in total. The highest BCUT2D eigenvalue weighted by atomic mass is 16.5. The number of benzene rings is 2. The molecule has 2 aromatic carbocycles. The topological polar surface area (TPSA) is 90.3 Å². The molecule has 0 bridgehead atoms. The number of aromatic nitrogens is 2. The minimum absolute atomic E-state index is 0.0126. The number of aryl methyl sites for hydroxylation is 1. The van der Waals surface area contributed by atoms with Gasteiger partial charge in [0.25, 0.3) is 11.5 Å². The maximum absolute atomic E-state index is 12.6. The molecule has 1 aromatic heterocycles. The van der Waals surface area contributed by atoms with Crippen molar-refractivity contribution in [3.8, 4) is 0 Å². The average molecular weight is 405 g/mol. The van der Waals surface area contributed by atoms with Crippen LogP contribution in [0.5, 0.6) is 0 Å². The standard InChI is InChI=1S/C23H23N3O4/c1-26-19(25-18-10-6-5-9-17(18)23(26)29)13-14-20(27)30-21(15-7-3-2-4-8-15)22(28)24-16-11-12-16/h2-10,16,21H,11-14H2,1H3,(H,24,28)/t21-/m0/s1. The summed E-state index contributed by atoms with van der Waals surface area (Å²) in [6.07, 6.45) is 1.15. The van der Waals surface area contributed by atoms with E-state index in [0.29, 0.717) is 22.3 Å². The average Bonchev–Trinajstić information content (AvgIpc) is 3.58. The number of carbonyl (C=O) groups excluding carboxylic acids is 2. The van der Waals surface area contributed by atoms with Gasteiger partial charge in [0.05, 0.1) is 17.3 Å². The monoisotopic (exact) mass is 405 g/mol. The second-order valence-electron chi connectivity index (χ2n) is 7.47. The summed E-state index contributed by atoms with van der Waals surface area (Å²) in [5.41, 5.74) is 1.06. The molecule has 7 heteroatoms. The first kappa shape index (κ1) is 19.8. The van der Waals surface area contributed by atoms with Crippen LogP contribution in [0.15, 0.2) is 59.4 Å². The highest BCUT2D eigenvalue weighted by Crippen LogP contribution is 2.23. The molecule has 1 saturated carbocycles. The van der Waals surface area contributed by atoms with Gasteiger partial charge in [-0.15, -0.1) is 0 Å². The van der Waals surface area contributed by atoms with E-state index in [0.717, 1.165) is 12.8 Å². The number of carbonyl (C=O) groups is 2. The maximum atomic E-state index is 12.6. The van der Waals surface area contributed by atoms with E-state index in [1.54, 1.807) is 49.5 Å². The zero-order chi connectivity index (χ0) is 21.1. The zero-order valence-electron chi connectivity index (χ0n) is 16.7. The number of ether oxygens (including phenoxy) is 1. The van der Waals surface area contributed by atoms with Gasteiger partial charge in [0.1, 0.15) is 5.82 Å². The smallest absolute Gasteiger partial charge is 0.307 e. The van der Waals surface area contributed by atoms with E-state index in [-0.39, 0.29) is 30.3 Å². The van der Waals surface area contributed by atoms with Gasteiger partial charge in [0.2, 0.25) is 6.10 Å². The van der Waals surface area contributed by atoms with Crippen LogP contribution in [0.3, 0.4) is 0 Å². The summed E-state index contributed by atoms with van der Waals surface area (Å²) in [4.78, 5) is 42.2. The van der Waals surface area contributed by atoms with Gasteiger partial charge in [-0.2, -0.15) is 0 Å². The van der Waals surface area contributed by atoms with Crippen molar-refractivity contribution in [2.24, 2.45) is 7.05 Å². The summed E-state index contributed by atoms with van der Waals surface area (Å²) in [7, 11) is 1.64. The number of nitrogens with zero attached hydrogens (tertiary/aromatic N) is 2. The fourth-order valence-electron chi connectivity index (χ4n) is 3.30. The van der Waals surface area contributed by atoms with Crippen molar-refractivity contribution < 1.29 is 14.3 Å². The molecule has 1 heterocycles. The van der Waals surface area contributed by atoms with E-state index in [2.05, 4.69) is 10.3 Å². The molecule has 7 nitrogen and oxygen atoms in total. The molecule has 3 aromatic rings. The molecule has 0 saturated heterocycles. The number of amides is 1. The lowest BCUT2D eigenvalue weighted by Crippen LogP contribution is -2.33. The first-order valence-electron chi connectivity index (χ1n) is 10.0. The Bertz CT molecular complexity index is 1140. The van der Waals surface area contributed by atoms with Crippen LogP contribution in [0.25, 0.3) is 10.9 Å². The Morgan fingerprint density at radius 2 is 1.83 bits per heavy atom. The number of hydrogen-bond acceptors (Lipinski definition) is 5. The zero-order valence-corrected chi connectivity index (χ0v) is 16.7. The normalized spacial score (nSPS) is 14.3. The fourth-order valence-corrected chi connectivity index (χ4v) is 3.30. The molecule has 0 spiro atoms. The number of esters is 1. The molecule has 1 aliphatic carbocycles. The van der Waals surface area contributed by atoms with Crippen LogP contribution < -0.4 is 10.9 Å². The molecule has 154 valence electrons. The minimum atomic E-state index is -0.993. The molecule has 30 heavy (non-hydrogen) atoms. The molecule has 0 aliphatic heterocycles. The molecule has 0 unspecified atom stereocenters. The largest absolute Gasteiger partial charge is 0.447 e. The fraction of sp³-hybridized carbons (Fsp3) is 0.304. The van der Waals surface area contributed by atoms with Crippen molar-refractivity contribution in [2.75, 3.05) is 0 Å². The predicted molar refractivity (Wildman–Crippen MR) is 112 cm³/mol. The van der Waals surface area contributed by atoms with Crippen molar-refractivity contribution in [1.82, 2.24) is 14.9 Å². The van der Waals surface area contributed by atoms with Gasteiger partial charge in [-0.3, -0.25) is 19.0 Å². The van der Waals surface area contributed by atoms with Crippen LogP contribution in [0, 0.1) is 0 Å². The van der Waals surface area contributed by atoms with Gasteiger partial charge < -0.3 is 10.1 Å². The van der Waals surface area contributed by atoms with Crippen LogP contribution in [-0.2, 0) is 27.8 Å². The van der Waals surface area contributed by atoms with Crippen LogP contribution in [0.2, 0.25) is 0 Å². The van der Waals surface area contributed by atoms with Gasteiger partial charge in [0, 0.05) is 25.1 Å². The van der Waals surface area contributed by atoms with E-state index in [1.807, 2.05) is 12.1 Å². The third kappa shape index (κ3) is 4.40. The summed E-state index contributed by atoms with van der Waals surface area (Å²) < 4.78 is 6.99. The number of fused-ring (bicyclic) bond motifs is 1. The van der Waals surface area contributed by atoms with E-state index < -0.39 is 12.1 Å². The SMILES string of the molecule is Cn1c(CCC(=O)O[C@H](C(=O)NC2CC2)c2ccccc2)nc2ccccc2c1=O. The summed E-state index contributed by atoms with van der Waals surface area (Å²) in [5, 5.41) is 3.43. The Kier molecular flexibility index (Phi) is 5.61. The Balaban J connectivity index is 1.47. The Labute approximate surface area is 173 Å². The number of rotatable bonds is 7. The van der Waals surface area contributed by atoms with Gasteiger partial charge >= 0.3 is 5.97 Å². The second kappa shape index (κ2) is 8.49. The van der Waals surface area contributed by atoms with E-state index in [4.69, 9.17) is 4.74 Å². The van der Waals surface area contributed by atoms with Crippen molar-refractivity contribution in [2.45, 2.75) is 37.8 Å². The lowest BCUT2D eigenvalue weighted by atomic mass is 10.1. The van der Waals surface area contributed by atoms with Crippen LogP contribution in [0.1, 0.15) is 36.8 Å². The first-order chi connectivity index (χ1) is 14.5. The molecule has 1 amide bonds. The van der Waals surface area contributed by atoms with Gasteiger partial charge in [-0.05, 0) is 25.0 Å². The van der Waals surface area contributed by atoms with Gasteiger partial charge in [0.15, 0.2) is 0 Å². The highest BCUT2D eigenvalue weighted by molar-refractivity contribution is 5.85. The summed E-state index contributed by atoms with van der Waals surface area (Å²) >= 11 is 0. The number of para-hydroxylation sites is 1. The van der Waals surface area contributed by atoms with Crippen molar-refractivity contribution in [3.63, 3.8) is 0 Å². The van der Waals surface area contributed by atoms with E-state index >= 15 is 0 Å². The lowest BCUT2D eigenvalue weighted by Gasteiger charge is -2.18. The number of nitrogens with one attached hydrogen (secondary N) is 1. The van der Waals surface area contributed by atoms with E-state index in [1.165, 1.54) is 4.57 Å². The first-order valence-corrected chi connectivity index (χ1v) is 10.0. The van der Waals surface area contributed by atoms with Crippen LogP contribution in [0.4, 0.5) is 0 Å². The van der Waals surface area contributed by atoms with Crippen molar-refractivity contribution >= 4 is 22.8 Å². The third-order valence-corrected chi connectivity index (χ3v) is 5.14. The highest BCUT2D eigenvalue weighted by Gasteiger charge is 2.30. The van der Waals surface area contributed by atoms with Crippen molar-refractivity contribution in [3.05, 3.63) is 76.3 Å². The molecular formula is C23H23N3O4. The molecule has 1 aliphatic rings. The Morgan fingerprint density at radius 1 is 1.13 bits per heavy atom. The molecule has 4 rings (SSSR count). The second-order valence-corrected chi connectivity index (χ2v) is 7.47. The Hall–Kier alpha value is -3.48. The molecular weight excluding hydrogens is 382 g/mol. The quantitative estimate of drug-likeness (QED) is 0.610. The summed E-state index contributed by atoms with van der Waals surface area (Å²) in [5.74, 6) is -0.333. The van der Waals surface area contributed by atoms with E-state index in [9.17, 15) is 14.4 Å². The predicted octanol–water partition coefficient (Wildman–Crippen LogP) is 2.43. The molecule has 1 fully saturated rings. The Morgan fingerprint density at radius 3 is 2.57 bits per heavy atom. The summed E-state index contributed by atoms with van der Waals surface area (Å²) in [6.45, 7) is 0. The van der Waals surface area contributed by atoms with Crippen LogP contribution >= 0.6 is 0 Å². The maximum Gasteiger partial charge on any atom is 0.307 e. The lowest BCUT2D eigenvalue weighted by molar-refractivity contribution is -0.156. The molecule has 0 radical (unpaired) electrons.